The summed E-state index contributed by atoms with van der Waals surface area (Å²) >= 11 is 1.53. The highest BCUT2D eigenvalue weighted by Crippen LogP contribution is 2.13. The molecule has 0 aliphatic carbocycles. The van der Waals surface area contributed by atoms with Crippen molar-refractivity contribution in [2.45, 2.75) is 13.5 Å². The molecule has 0 bridgehead atoms. The van der Waals surface area contributed by atoms with Crippen molar-refractivity contribution in [1.82, 2.24) is 20.4 Å². The number of hydrogen-bond donors (Lipinski definition) is 2. The van der Waals surface area contributed by atoms with Crippen LogP contribution in [0.5, 0.6) is 0 Å². The molecule has 0 spiro atoms. The van der Waals surface area contributed by atoms with Gasteiger partial charge in [-0.15, -0.1) is 11.3 Å². The van der Waals surface area contributed by atoms with Gasteiger partial charge in [0.25, 0.3) is 5.91 Å². The van der Waals surface area contributed by atoms with E-state index in [1.807, 2.05) is 22.4 Å². The van der Waals surface area contributed by atoms with Crippen LogP contribution in [0.25, 0.3) is 0 Å². The summed E-state index contributed by atoms with van der Waals surface area (Å²) in [5.74, 6) is -1.02. The van der Waals surface area contributed by atoms with Crippen molar-refractivity contribution >= 4 is 29.2 Å². The van der Waals surface area contributed by atoms with Crippen LogP contribution in [-0.2, 0) is 11.3 Å². The average Bonchev–Trinajstić information content (AvgIpc) is 3.22. The maximum absolute atomic E-state index is 13.7. The van der Waals surface area contributed by atoms with Gasteiger partial charge in [0.15, 0.2) is 0 Å². The molecule has 2 heterocycles. The Kier molecular flexibility index (Phi) is 6.95. The number of hydrogen-bond acceptors (Lipinski definition) is 5. The van der Waals surface area contributed by atoms with Gasteiger partial charge in [-0.05, 0) is 36.1 Å². The Labute approximate surface area is 172 Å². The van der Waals surface area contributed by atoms with Crippen LogP contribution in [0.3, 0.4) is 0 Å². The van der Waals surface area contributed by atoms with E-state index in [0.717, 1.165) is 4.88 Å². The minimum Gasteiger partial charge on any atom is -0.336 e. The second kappa shape index (κ2) is 9.62. The van der Waals surface area contributed by atoms with Crippen molar-refractivity contribution < 1.29 is 18.8 Å². The van der Waals surface area contributed by atoms with Gasteiger partial charge in [-0.25, -0.2) is 9.18 Å². The number of halogens is 1. The summed E-state index contributed by atoms with van der Waals surface area (Å²) in [6, 6.07) is 7.73. The van der Waals surface area contributed by atoms with E-state index in [1.54, 1.807) is 24.0 Å². The molecule has 1 aromatic heterocycles. The molecule has 7 nitrogen and oxygen atoms in total. The van der Waals surface area contributed by atoms with E-state index in [2.05, 4.69) is 10.6 Å². The minimum atomic E-state index is -0.529. The maximum atomic E-state index is 13.7. The van der Waals surface area contributed by atoms with Gasteiger partial charge in [0.2, 0.25) is 5.91 Å². The molecule has 3 rings (SSSR count). The smallest absolute Gasteiger partial charge is 0.321 e. The van der Waals surface area contributed by atoms with Crippen LogP contribution in [0.15, 0.2) is 35.7 Å². The zero-order chi connectivity index (χ0) is 20.8. The number of piperazine rings is 1. The predicted molar refractivity (Wildman–Crippen MR) is 108 cm³/mol. The third-order valence-corrected chi connectivity index (χ3v) is 5.58. The molecule has 0 saturated carbocycles. The fraction of sp³-hybridized carbons (Fsp3) is 0.350. The molecule has 4 amide bonds. The molecule has 9 heteroatoms. The normalized spacial score (nSPS) is 14.5. The number of benzene rings is 1. The highest BCUT2D eigenvalue weighted by atomic mass is 32.1. The SMILES string of the molecule is Cc1ccc(C(=O)N2CCN(CC(=O)NC(=O)NCc3cccs3)CC2)cc1F. The Bertz CT molecular complexity index is 880. The monoisotopic (exact) mass is 418 g/mol. The molecule has 1 saturated heterocycles. The highest BCUT2D eigenvalue weighted by molar-refractivity contribution is 7.09. The van der Waals surface area contributed by atoms with Gasteiger partial charge in [-0.3, -0.25) is 19.8 Å². The molecule has 1 aromatic carbocycles. The maximum Gasteiger partial charge on any atom is 0.321 e. The van der Waals surface area contributed by atoms with E-state index in [4.69, 9.17) is 0 Å². The fourth-order valence-corrected chi connectivity index (χ4v) is 3.66. The van der Waals surface area contributed by atoms with Crippen molar-refractivity contribution in [3.05, 3.63) is 57.5 Å². The van der Waals surface area contributed by atoms with Crippen LogP contribution in [-0.4, -0.2) is 60.4 Å². The van der Waals surface area contributed by atoms with Crippen molar-refractivity contribution in [3.8, 4) is 0 Å². The first-order chi connectivity index (χ1) is 13.9. The summed E-state index contributed by atoms with van der Waals surface area (Å²) in [6.45, 7) is 3.98. The van der Waals surface area contributed by atoms with Crippen LogP contribution in [0.2, 0.25) is 0 Å². The van der Waals surface area contributed by atoms with Crippen LogP contribution in [0.1, 0.15) is 20.8 Å². The summed E-state index contributed by atoms with van der Waals surface area (Å²) in [5, 5.41) is 6.87. The van der Waals surface area contributed by atoms with Crippen molar-refractivity contribution in [1.29, 1.82) is 0 Å². The summed E-state index contributed by atoms with van der Waals surface area (Å²) in [7, 11) is 0. The molecule has 2 aromatic rings. The molecule has 1 aliphatic heterocycles. The predicted octanol–water partition coefficient (Wildman–Crippen LogP) is 1.98. The molecule has 29 heavy (non-hydrogen) atoms. The number of carbonyl (C=O) groups excluding carboxylic acids is 3. The fourth-order valence-electron chi connectivity index (χ4n) is 3.01. The number of nitrogens with one attached hydrogen (secondary N) is 2. The lowest BCUT2D eigenvalue weighted by atomic mass is 10.1. The third-order valence-electron chi connectivity index (χ3n) is 4.70. The lowest BCUT2D eigenvalue weighted by Gasteiger charge is -2.34. The molecular weight excluding hydrogens is 395 g/mol. The number of nitrogens with zero attached hydrogens (tertiary/aromatic N) is 2. The topological polar surface area (TPSA) is 81.8 Å². The van der Waals surface area contributed by atoms with Crippen LogP contribution in [0.4, 0.5) is 9.18 Å². The first kappa shape index (κ1) is 20.9. The molecule has 0 unspecified atom stereocenters. The summed E-state index contributed by atoms with van der Waals surface area (Å²) in [4.78, 5) is 40.9. The molecule has 1 aliphatic rings. The van der Waals surface area contributed by atoms with Crippen molar-refractivity contribution in [2.75, 3.05) is 32.7 Å². The van der Waals surface area contributed by atoms with E-state index < -0.39 is 17.8 Å². The van der Waals surface area contributed by atoms with Gasteiger partial charge < -0.3 is 10.2 Å². The average molecular weight is 418 g/mol. The highest BCUT2D eigenvalue weighted by Gasteiger charge is 2.24. The second-order valence-electron chi connectivity index (χ2n) is 6.84. The Morgan fingerprint density at radius 2 is 1.90 bits per heavy atom. The summed E-state index contributed by atoms with van der Waals surface area (Å²) in [5.41, 5.74) is 0.818. The quantitative estimate of drug-likeness (QED) is 0.778. The standard InChI is InChI=1S/C20H23FN4O3S/c1-14-4-5-15(11-17(14)21)19(27)25-8-6-24(7-9-25)13-18(26)23-20(28)22-12-16-3-2-10-29-16/h2-5,10-11H,6-9,12-13H2,1H3,(H2,22,23,26,28). The Balaban J connectivity index is 1.40. The number of imide groups is 1. The van der Waals surface area contributed by atoms with Gasteiger partial charge in [0, 0.05) is 36.6 Å². The number of urea groups is 1. The number of rotatable bonds is 5. The van der Waals surface area contributed by atoms with E-state index in [1.165, 1.54) is 17.4 Å². The Morgan fingerprint density at radius 1 is 1.14 bits per heavy atom. The van der Waals surface area contributed by atoms with Crippen molar-refractivity contribution in [2.24, 2.45) is 0 Å². The lowest BCUT2D eigenvalue weighted by Crippen LogP contribution is -2.52. The zero-order valence-electron chi connectivity index (χ0n) is 16.1. The third kappa shape index (κ3) is 5.85. The van der Waals surface area contributed by atoms with E-state index in [9.17, 15) is 18.8 Å². The largest absolute Gasteiger partial charge is 0.336 e. The van der Waals surface area contributed by atoms with E-state index >= 15 is 0 Å². The van der Waals surface area contributed by atoms with Gasteiger partial charge in [-0.2, -0.15) is 0 Å². The lowest BCUT2D eigenvalue weighted by molar-refractivity contribution is -0.121. The van der Waals surface area contributed by atoms with Gasteiger partial charge in [0.05, 0.1) is 13.1 Å². The van der Waals surface area contributed by atoms with Crippen LogP contribution in [0, 0.1) is 12.7 Å². The van der Waals surface area contributed by atoms with E-state index in [-0.39, 0.29) is 12.5 Å². The van der Waals surface area contributed by atoms with E-state index in [0.29, 0.717) is 43.9 Å². The first-order valence-electron chi connectivity index (χ1n) is 9.30. The molecule has 154 valence electrons. The van der Waals surface area contributed by atoms with Crippen molar-refractivity contribution in [3.63, 3.8) is 0 Å². The molecule has 0 atom stereocenters. The number of thiophene rings is 1. The number of carbonyl (C=O) groups is 3. The van der Waals surface area contributed by atoms with Crippen LogP contribution < -0.4 is 10.6 Å². The molecule has 2 N–H and O–H groups in total. The molecule has 1 fully saturated rings. The summed E-state index contributed by atoms with van der Waals surface area (Å²) < 4.78 is 13.7. The second-order valence-corrected chi connectivity index (χ2v) is 7.87. The minimum absolute atomic E-state index is 0.0770. The molecule has 0 radical (unpaired) electrons. The number of aryl methyl sites for hydroxylation is 1. The summed E-state index contributed by atoms with van der Waals surface area (Å²) in [6.07, 6.45) is 0. The molecular formula is C20H23FN4O3S. The Hall–Kier alpha value is -2.78. The number of amides is 4. The van der Waals surface area contributed by atoms with Crippen LogP contribution >= 0.6 is 11.3 Å². The van der Waals surface area contributed by atoms with Gasteiger partial charge >= 0.3 is 6.03 Å². The Morgan fingerprint density at radius 3 is 2.55 bits per heavy atom. The van der Waals surface area contributed by atoms with Gasteiger partial charge in [-0.1, -0.05) is 12.1 Å². The zero-order valence-corrected chi connectivity index (χ0v) is 16.9. The first-order valence-corrected chi connectivity index (χ1v) is 10.2. The van der Waals surface area contributed by atoms with Gasteiger partial charge in [0.1, 0.15) is 5.82 Å².